The number of aromatic nitrogens is 2. The average Bonchev–Trinajstić information content (AvgIpc) is 3.32. The van der Waals surface area contributed by atoms with Gasteiger partial charge < -0.3 is 10.0 Å². The molecule has 3 aromatic rings. The quantitative estimate of drug-likeness (QED) is 0.705. The maximum atomic E-state index is 13.1. The Hall–Kier alpha value is -3.36. The molecule has 0 bridgehead atoms. The SMILES string of the molecule is O=C(c1ccc(-n2cccn2)c(C#Cc2ccccc2)c1)N1CCC[C@@H](CO)C1. The van der Waals surface area contributed by atoms with Crippen molar-refractivity contribution in [1.82, 2.24) is 14.7 Å². The van der Waals surface area contributed by atoms with E-state index in [2.05, 4.69) is 16.9 Å². The first-order valence-corrected chi connectivity index (χ1v) is 9.86. The van der Waals surface area contributed by atoms with Crippen LogP contribution in [-0.2, 0) is 0 Å². The Morgan fingerprint density at radius 1 is 1.14 bits per heavy atom. The standard InChI is InChI=1S/C24H23N3O2/c28-18-20-8-4-14-26(17-20)24(29)22-11-12-23(27-15-5-13-25-27)21(16-22)10-9-19-6-2-1-3-7-19/h1-3,5-7,11-13,15-16,20,28H,4,8,14,17-18H2/t20-/m1/s1. The molecular weight excluding hydrogens is 362 g/mol. The zero-order valence-corrected chi connectivity index (χ0v) is 16.2. The Bertz CT molecular complexity index is 1030. The van der Waals surface area contributed by atoms with Crippen LogP contribution in [0.4, 0.5) is 0 Å². The predicted molar refractivity (Wildman–Crippen MR) is 112 cm³/mol. The lowest BCUT2D eigenvalue weighted by Crippen LogP contribution is -2.41. The number of nitrogens with zero attached hydrogens (tertiary/aromatic N) is 3. The second-order valence-corrected chi connectivity index (χ2v) is 7.24. The van der Waals surface area contributed by atoms with Crippen LogP contribution >= 0.6 is 0 Å². The minimum atomic E-state index is -0.0158. The Morgan fingerprint density at radius 2 is 2.00 bits per heavy atom. The van der Waals surface area contributed by atoms with Crippen LogP contribution in [0.5, 0.6) is 0 Å². The van der Waals surface area contributed by atoms with E-state index in [1.165, 1.54) is 0 Å². The summed E-state index contributed by atoms with van der Waals surface area (Å²) in [5, 5.41) is 13.8. The van der Waals surface area contributed by atoms with Crippen molar-refractivity contribution in [3.05, 3.63) is 83.7 Å². The third-order valence-corrected chi connectivity index (χ3v) is 5.17. The lowest BCUT2D eigenvalue weighted by molar-refractivity contribution is 0.0620. The summed E-state index contributed by atoms with van der Waals surface area (Å²) >= 11 is 0. The van der Waals surface area contributed by atoms with Crippen LogP contribution < -0.4 is 0 Å². The minimum Gasteiger partial charge on any atom is -0.396 e. The molecule has 0 unspecified atom stereocenters. The van der Waals surface area contributed by atoms with Gasteiger partial charge in [0.15, 0.2) is 0 Å². The van der Waals surface area contributed by atoms with Crippen molar-refractivity contribution in [2.45, 2.75) is 12.8 Å². The van der Waals surface area contributed by atoms with E-state index in [1.807, 2.05) is 65.7 Å². The van der Waals surface area contributed by atoms with Gasteiger partial charge in [-0.3, -0.25) is 4.79 Å². The molecule has 5 heteroatoms. The highest BCUT2D eigenvalue weighted by molar-refractivity contribution is 5.95. The lowest BCUT2D eigenvalue weighted by atomic mass is 9.98. The van der Waals surface area contributed by atoms with Gasteiger partial charge in [-0.25, -0.2) is 4.68 Å². The van der Waals surface area contributed by atoms with Gasteiger partial charge in [0.25, 0.3) is 5.91 Å². The molecule has 4 rings (SSSR count). The van der Waals surface area contributed by atoms with Gasteiger partial charge in [0.2, 0.25) is 0 Å². The van der Waals surface area contributed by atoms with E-state index in [0.717, 1.165) is 36.2 Å². The molecule has 146 valence electrons. The molecule has 1 N–H and O–H groups in total. The number of amides is 1. The van der Waals surface area contributed by atoms with Crippen LogP contribution in [0.25, 0.3) is 5.69 Å². The first kappa shape index (κ1) is 19.0. The molecule has 0 aliphatic carbocycles. The number of hydrogen-bond donors (Lipinski definition) is 1. The molecule has 1 aromatic heterocycles. The van der Waals surface area contributed by atoms with Crippen molar-refractivity contribution in [1.29, 1.82) is 0 Å². The van der Waals surface area contributed by atoms with Gasteiger partial charge in [0.05, 0.1) is 11.3 Å². The van der Waals surface area contributed by atoms with Crippen LogP contribution in [0.3, 0.4) is 0 Å². The van der Waals surface area contributed by atoms with E-state index in [4.69, 9.17) is 0 Å². The first-order valence-electron chi connectivity index (χ1n) is 9.86. The molecule has 1 atom stereocenters. The second kappa shape index (κ2) is 8.76. The third kappa shape index (κ3) is 4.39. The number of piperidine rings is 1. The van der Waals surface area contributed by atoms with Crippen molar-refractivity contribution in [2.24, 2.45) is 5.92 Å². The number of hydrogen-bond acceptors (Lipinski definition) is 3. The van der Waals surface area contributed by atoms with Gasteiger partial charge in [0.1, 0.15) is 0 Å². The normalized spacial score (nSPS) is 16.2. The van der Waals surface area contributed by atoms with Crippen LogP contribution in [0.2, 0.25) is 0 Å². The summed E-state index contributed by atoms with van der Waals surface area (Å²) < 4.78 is 1.76. The fourth-order valence-electron chi connectivity index (χ4n) is 3.62. The summed E-state index contributed by atoms with van der Waals surface area (Å²) in [5.41, 5.74) is 3.11. The van der Waals surface area contributed by atoms with E-state index in [0.29, 0.717) is 12.1 Å². The van der Waals surface area contributed by atoms with E-state index < -0.39 is 0 Å². The number of aliphatic hydroxyl groups is 1. The molecule has 2 heterocycles. The first-order chi connectivity index (χ1) is 14.2. The zero-order valence-electron chi connectivity index (χ0n) is 16.2. The predicted octanol–water partition coefficient (Wildman–Crippen LogP) is 3.12. The Balaban J connectivity index is 1.68. The van der Waals surface area contributed by atoms with Gasteiger partial charge in [-0.15, -0.1) is 0 Å². The molecule has 1 amide bonds. The summed E-state index contributed by atoms with van der Waals surface area (Å²) in [4.78, 5) is 14.9. The van der Waals surface area contributed by atoms with Crippen LogP contribution in [0.15, 0.2) is 67.0 Å². The Morgan fingerprint density at radius 3 is 2.76 bits per heavy atom. The maximum Gasteiger partial charge on any atom is 0.253 e. The number of carbonyl (C=O) groups excluding carboxylic acids is 1. The Labute approximate surface area is 170 Å². The molecule has 0 radical (unpaired) electrons. The summed E-state index contributed by atoms with van der Waals surface area (Å²) in [6, 6.07) is 17.2. The van der Waals surface area contributed by atoms with Crippen molar-refractivity contribution in [2.75, 3.05) is 19.7 Å². The van der Waals surface area contributed by atoms with Crippen molar-refractivity contribution in [3.8, 4) is 17.5 Å². The fourth-order valence-corrected chi connectivity index (χ4v) is 3.62. The van der Waals surface area contributed by atoms with Crippen molar-refractivity contribution >= 4 is 5.91 Å². The van der Waals surface area contributed by atoms with Crippen molar-refractivity contribution in [3.63, 3.8) is 0 Å². The van der Waals surface area contributed by atoms with Gasteiger partial charge in [-0.05, 0) is 55.2 Å². The van der Waals surface area contributed by atoms with Crippen LogP contribution in [0.1, 0.15) is 34.3 Å². The largest absolute Gasteiger partial charge is 0.396 e. The van der Waals surface area contributed by atoms with Gasteiger partial charge in [0, 0.05) is 43.2 Å². The zero-order chi connectivity index (χ0) is 20.1. The molecule has 1 aliphatic rings. The molecule has 2 aromatic carbocycles. The number of rotatable bonds is 3. The van der Waals surface area contributed by atoms with Crippen LogP contribution in [-0.4, -0.2) is 45.4 Å². The molecular formula is C24H23N3O2. The molecule has 29 heavy (non-hydrogen) atoms. The highest BCUT2D eigenvalue weighted by Gasteiger charge is 2.24. The summed E-state index contributed by atoms with van der Waals surface area (Å²) in [6.07, 6.45) is 5.46. The van der Waals surface area contributed by atoms with Gasteiger partial charge in [-0.2, -0.15) is 5.10 Å². The monoisotopic (exact) mass is 385 g/mol. The summed E-state index contributed by atoms with van der Waals surface area (Å²) in [7, 11) is 0. The molecule has 1 fully saturated rings. The minimum absolute atomic E-state index is 0.0158. The number of benzene rings is 2. The fraction of sp³-hybridized carbons (Fsp3) is 0.250. The number of likely N-dealkylation sites (tertiary alicyclic amines) is 1. The highest BCUT2D eigenvalue weighted by Crippen LogP contribution is 2.21. The Kier molecular flexibility index (Phi) is 5.73. The summed E-state index contributed by atoms with van der Waals surface area (Å²) in [5.74, 6) is 6.54. The molecule has 0 spiro atoms. The van der Waals surface area contributed by atoms with Gasteiger partial charge in [-0.1, -0.05) is 30.0 Å². The van der Waals surface area contributed by atoms with E-state index in [-0.39, 0.29) is 18.4 Å². The summed E-state index contributed by atoms with van der Waals surface area (Å²) in [6.45, 7) is 1.44. The number of aliphatic hydroxyl groups excluding tert-OH is 1. The molecule has 1 saturated heterocycles. The smallest absolute Gasteiger partial charge is 0.253 e. The highest BCUT2D eigenvalue weighted by atomic mass is 16.3. The van der Waals surface area contributed by atoms with Gasteiger partial charge >= 0.3 is 0 Å². The molecule has 5 nitrogen and oxygen atoms in total. The third-order valence-electron chi connectivity index (χ3n) is 5.17. The molecule has 1 aliphatic heterocycles. The maximum absolute atomic E-state index is 13.1. The van der Waals surface area contributed by atoms with E-state index in [1.54, 1.807) is 10.9 Å². The van der Waals surface area contributed by atoms with E-state index >= 15 is 0 Å². The van der Waals surface area contributed by atoms with Crippen molar-refractivity contribution < 1.29 is 9.90 Å². The lowest BCUT2D eigenvalue weighted by Gasteiger charge is -2.32. The van der Waals surface area contributed by atoms with Crippen LogP contribution in [0, 0.1) is 17.8 Å². The molecule has 0 saturated carbocycles. The topological polar surface area (TPSA) is 58.4 Å². The van der Waals surface area contributed by atoms with E-state index in [9.17, 15) is 9.90 Å². The second-order valence-electron chi connectivity index (χ2n) is 7.24. The average molecular weight is 385 g/mol. The number of carbonyl (C=O) groups is 1.